The first kappa shape index (κ1) is 7.03. The van der Waals surface area contributed by atoms with Crippen LogP contribution in [0.2, 0.25) is 0 Å². The van der Waals surface area contributed by atoms with Crippen molar-refractivity contribution in [2.75, 3.05) is 0 Å². The maximum Gasteiger partial charge on any atom is 0.290 e. The largest absolute Gasteiger partial charge is 0.335 e. The molecule has 0 saturated carbocycles. The molecule has 1 aromatic carbocycles. The van der Waals surface area contributed by atoms with E-state index in [4.69, 9.17) is 0 Å². The molecule has 1 saturated heterocycles. The molecule has 1 aliphatic heterocycles. The number of β-lactam (4-membered cyclic amide) rings is 1. The van der Waals surface area contributed by atoms with Gasteiger partial charge in [0.2, 0.25) is 5.78 Å². The molecule has 1 atom stereocenters. The molecule has 0 spiro atoms. The highest BCUT2D eigenvalue weighted by Crippen LogP contribution is 2.19. The van der Waals surface area contributed by atoms with Crippen LogP contribution in [0.5, 0.6) is 0 Å². The average Bonchev–Trinajstić information content (AvgIpc) is 2.15. The van der Waals surface area contributed by atoms with Gasteiger partial charge >= 0.3 is 0 Å². The minimum absolute atomic E-state index is 0.346. The van der Waals surface area contributed by atoms with Crippen LogP contribution in [-0.4, -0.2) is 11.7 Å². The molecule has 0 aliphatic carbocycles. The third kappa shape index (κ3) is 0.906. The fourth-order valence-corrected chi connectivity index (χ4v) is 1.20. The summed E-state index contributed by atoms with van der Waals surface area (Å²) in [4.78, 5) is 21.5. The number of nitrogens with one attached hydrogen (secondary N) is 1. The van der Waals surface area contributed by atoms with E-state index in [1.807, 2.05) is 30.3 Å². The molecule has 0 aromatic heterocycles. The first-order chi connectivity index (χ1) is 5.79. The molecule has 3 heteroatoms. The summed E-state index contributed by atoms with van der Waals surface area (Å²) >= 11 is 0. The van der Waals surface area contributed by atoms with E-state index in [1.165, 1.54) is 0 Å². The van der Waals surface area contributed by atoms with Gasteiger partial charge in [0.1, 0.15) is 6.04 Å². The lowest BCUT2D eigenvalue weighted by Crippen LogP contribution is -2.52. The molecular formula is C9H7NO2. The lowest BCUT2D eigenvalue weighted by Gasteiger charge is -2.24. The number of Topliss-reactive ketones (excluding diaryl/α,β-unsaturated/α-hetero) is 1. The van der Waals surface area contributed by atoms with Crippen molar-refractivity contribution >= 4 is 11.7 Å². The van der Waals surface area contributed by atoms with Crippen molar-refractivity contribution in [3.05, 3.63) is 35.9 Å². The van der Waals surface area contributed by atoms with Gasteiger partial charge in [-0.2, -0.15) is 0 Å². The summed E-state index contributed by atoms with van der Waals surface area (Å²) in [7, 11) is 0. The second-order valence-corrected chi connectivity index (χ2v) is 2.68. The lowest BCUT2D eigenvalue weighted by molar-refractivity contribution is -0.147. The summed E-state index contributed by atoms with van der Waals surface area (Å²) in [6.07, 6.45) is 0. The molecule has 1 fully saturated rings. The Morgan fingerprint density at radius 1 is 1.08 bits per heavy atom. The first-order valence-electron chi connectivity index (χ1n) is 3.68. The van der Waals surface area contributed by atoms with E-state index in [1.54, 1.807) is 0 Å². The van der Waals surface area contributed by atoms with Crippen molar-refractivity contribution in [2.24, 2.45) is 0 Å². The number of carbonyl (C=O) groups is 2. The minimum atomic E-state index is -0.483. The molecule has 12 heavy (non-hydrogen) atoms. The van der Waals surface area contributed by atoms with Gasteiger partial charge in [0.15, 0.2) is 0 Å². The minimum Gasteiger partial charge on any atom is -0.335 e. The fourth-order valence-electron chi connectivity index (χ4n) is 1.20. The Labute approximate surface area is 69.4 Å². The Balaban J connectivity index is 2.24. The van der Waals surface area contributed by atoms with Crippen LogP contribution in [0.15, 0.2) is 30.3 Å². The number of hydrogen-bond donors (Lipinski definition) is 1. The van der Waals surface area contributed by atoms with Crippen molar-refractivity contribution in [2.45, 2.75) is 6.04 Å². The molecule has 1 heterocycles. The van der Waals surface area contributed by atoms with Gasteiger partial charge in [0.25, 0.3) is 5.91 Å². The van der Waals surface area contributed by atoms with Crippen LogP contribution >= 0.6 is 0 Å². The quantitative estimate of drug-likeness (QED) is 0.479. The highest BCUT2D eigenvalue weighted by molar-refractivity contribution is 6.44. The van der Waals surface area contributed by atoms with E-state index in [-0.39, 0.29) is 5.78 Å². The number of ketones is 1. The molecule has 1 N–H and O–H groups in total. The lowest BCUT2D eigenvalue weighted by atomic mass is 9.96. The van der Waals surface area contributed by atoms with Crippen molar-refractivity contribution in [1.29, 1.82) is 0 Å². The first-order valence-corrected chi connectivity index (χ1v) is 3.68. The summed E-state index contributed by atoms with van der Waals surface area (Å²) in [6.45, 7) is 0. The second-order valence-electron chi connectivity index (χ2n) is 2.68. The Kier molecular flexibility index (Phi) is 1.43. The molecule has 0 unspecified atom stereocenters. The number of benzene rings is 1. The van der Waals surface area contributed by atoms with Crippen LogP contribution in [0.1, 0.15) is 11.6 Å². The molecule has 1 aromatic rings. The van der Waals surface area contributed by atoms with Crippen LogP contribution in [0.25, 0.3) is 0 Å². The van der Waals surface area contributed by atoms with E-state index < -0.39 is 11.9 Å². The van der Waals surface area contributed by atoms with Gasteiger partial charge in [0.05, 0.1) is 0 Å². The van der Waals surface area contributed by atoms with Crippen LogP contribution in [-0.2, 0) is 9.59 Å². The van der Waals surface area contributed by atoms with Gasteiger partial charge in [-0.3, -0.25) is 9.59 Å². The summed E-state index contributed by atoms with van der Waals surface area (Å²) in [6, 6.07) is 8.79. The SMILES string of the molecule is O=C1N[C@@H](c2ccccc2)C1=O. The van der Waals surface area contributed by atoms with E-state index in [9.17, 15) is 9.59 Å². The van der Waals surface area contributed by atoms with Crippen LogP contribution < -0.4 is 5.32 Å². The normalized spacial score (nSPS) is 21.5. The summed E-state index contributed by atoms with van der Waals surface area (Å²) in [5.74, 6) is -0.829. The zero-order valence-electron chi connectivity index (χ0n) is 6.28. The Hall–Kier alpha value is -1.64. The molecular weight excluding hydrogens is 154 g/mol. The number of carbonyl (C=O) groups excluding carboxylic acids is 2. The third-order valence-corrected chi connectivity index (χ3v) is 1.89. The topological polar surface area (TPSA) is 46.2 Å². The molecule has 60 valence electrons. The molecule has 3 nitrogen and oxygen atoms in total. The average molecular weight is 161 g/mol. The summed E-state index contributed by atoms with van der Waals surface area (Å²) in [5, 5.41) is 2.52. The maximum atomic E-state index is 10.9. The Morgan fingerprint density at radius 3 is 2.25 bits per heavy atom. The molecule has 1 amide bonds. The monoisotopic (exact) mass is 161 g/mol. The number of amides is 1. The third-order valence-electron chi connectivity index (χ3n) is 1.89. The van der Waals surface area contributed by atoms with Crippen molar-refractivity contribution in [1.82, 2.24) is 5.32 Å². The van der Waals surface area contributed by atoms with E-state index >= 15 is 0 Å². The predicted molar refractivity (Wildman–Crippen MR) is 42.3 cm³/mol. The highest BCUT2D eigenvalue weighted by atomic mass is 16.2. The van der Waals surface area contributed by atoms with Crippen LogP contribution in [0.3, 0.4) is 0 Å². The van der Waals surface area contributed by atoms with Crippen molar-refractivity contribution < 1.29 is 9.59 Å². The predicted octanol–water partition coefficient (Wildman–Crippen LogP) is 0.427. The van der Waals surface area contributed by atoms with Gasteiger partial charge in [-0.25, -0.2) is 0 Å². The van der Waals surface area contributed by atoms with Crippen LogP contribution in [0.4, 0.5) is 0 Å². The second kappa shape index (κ2) is 2.44. The summed E-state index contributed by atoms with van der Waals surface area (Å²) < 4.78 is 0. The van der Waals surface area contributed by atoms with Gasteiger partial charge < -0.3 is 5.32 Å². The van der Waals surface area contributed by atoms with E-state index in [0.29, 0.717) is 0 Å². The molecule has 0 radical (unpaired) electrons. The van der Waals surface area contributed by atoms with E-state index in [2.05, 4.69) is 5.32 Å². The van der Waals surface area contributed by atoms with Gasteiger partial charge in [-0.05, 0) is 5.56 Å². The molecule has 2 rings (SSSR count). The Morgan fingerprint density at radius 2 is 1.75 bits per heavy atom. The highest BCUT2D eigenvalue weighted by Gasteiger charge is 2.37. The van der Waals surface area contributed by atoms with E-state index in [0.717, 1.165) is 5.56 Å². The van der Waals surface area contributed by atoms with Gasteiger partial charge in [-0.15, -0.1) is 0 Å². The summed E-state index contributed by atoms with van der Waals surface area (Å²) in [5.41, 5.74) is 0.849. The number of hydrogen-bond acceptors (Lipinski definition) is 2. The Bertz CT molecular complexity index is 332. The zero-order chi connectivity index (χ0) is 8.55. The number of rotatable bonds is 1. The molecule has 1 aliphatic rings. The van der Waals surface area contributed by atoms with Gasteiger partial charge in [-0.1, -0.05) is 30.3 Å². The standard InChI is InChI=1S/C9H7NO2/c11-8-7(10-9(8)12)6-4-2-1-3-5-6/h1-5,7H,(H,10,12)/t7-/m0/s1. The molecule has 0 bridgehead atoms. The zero-order valence-corrected chi connectivity index (χ0v) is 6.28. The van der Waals surface area contributed by atoms with Crippen LogP contribution in [0, 0.1) is 0 Å². The smallest absolute Gasteiger partial charge is 0.290 e. The van der Waals surface area contributed by atoms with Gasteiger partial charge in [0, 0.05) is 0 Å². The maximum absolute atomic E-state index is 10.9. The fraction of sp³-hybridized carbons (Fsp3) is 0.111. The van der Waals surface area contributed by atoms with Crippen molar-refractivity contribution in [3.63, 3.8) is 0 Å². The van der Waals surface area contributed by atoms with Crippen molar-refractivity contribution in [3.8, 4) is 0 Å².